The minimum Gasteiger partial charge on any atom is -0.362 e. The van der Waals surface area contributed by atoms with Crippen molar-refractivity contribution >= 4 is 38.2 Å². The molecule has 1 saturated heterocycles. The van der Waals surface area contributed by atoms with Gasteiger partial charge in [-0.25, -0.2) is 4.98 Å². The maximum absolute atomic E-state index is 11.2. The van der Waals surface area contributed by atoms with E-state index in [9.17, 15) is 10.1 Å². The van der Waals surface area contributed by atoms with E-state index in [0.717, 1.165) is 15.4 Å². The minimum absolute atomic E-state index is 0.0255. The van der Waals surface area contributed by atoms with Crippen LogP contribution in [-0.2, 0) is 0 Å². The van der Waals surface area contributed by atoms with Crippen LogP contribution in [0.25, 0.3) is 10.9 Å². The van der Waals surface area contributed by atoms with Gasteiger partial charge < -0.3 is 10.6 Å². The van der Waals surface area contributed by atoms with Crippen LogP contribution < -0.4 is 10.6 Å². The Morgan fingerprint density at radius 3 is 2.84 bits per heavy atom. The summed E-state index contributed by atoms with van der Waals surface area (Å²) < 4.78 is 0.869. The molecule has 2 aromatic rings. The molecule has 6 nitrogen and oxygen atoms in total. The van der Waals surface area contributed by atoms with Crippen molar-refractivity contribution in [1.82, 2.24) is 4.98 Å². The Hall–Kier alpha value is -1.73. The molecule has 0 atom stereocenters. The monoisotopic (exact) mass is 322 g/mol. The molecular formula is C12H11BrN4O2. The molecule has 1 aromatic carbocycles. The van der Waals surface area contributed by atoms with Gasteiger partial charge in [0.2, 0.25) is 0 Å². The van der Waals surface area contributed by atoms with Crippen LogP contribution in [0, 0.1) is 10.1 Å². The summed E-state index contributed by atoms with van der Waals surface area (Å²) in [5.41, 5.74) is 7.14. The number of rotatable bonds is 2. The number of benzene rings is 1. The summed E-state index contributed by atoms with van der Waals surface area (Å²) >= 11 is 3.39. The summed E-state index contributed by atoms with van der Waals surface area (Å²) in [6.45, 7) is 1.26. The number of anilines is 1. The average Bonchev–Trinajstić information content (AvgIpc) is 2.33. The zero-order valence-electron chi connectivity index (χ0n) is 9.91. The predicted molar refractivity (Wildman–Crippen MR) is 76.3 cm³/mol. The van der Waals surface area contributed by atoms with Crippen molar-refractivity contribution < 1.29 is 4.92 Å². The lowest BCUT2D eigenvalue weighted by Gasteiger charge is -2.38. The summed E-state index contributed by atoms with van der Waals surface area (Å²) in [6.07, 6.45) is 1.31. The lowest BCUT2D eigenvalue weighted by molar-refractivity contribution is -0.384. The fourth-order valence-corrected chi connectivity index (χ4v) is 2.66. The number of halogens is 1. The van der Waals surface area contributed by atoms with Gasteiger partial charge in [0, 0.05) is 29.0 Å². The molecular weight excluding hydrogens is 312 g/mol. The Balaban J connectivity index is 2.25. The summed E-state index contributed by atoms with van der Waals surface area (Å²) in [7, 11) is 0. The number of fused-ring (bicyclic) bond motifs is 1. The Morgan fingerprint density at radius 2 is 2.21 bits per heavy atom. The van der Waals surface area contributed by atoms with Crippen LogP contribution in [0.15, 0.2) is 28.9 Å². The molecule has 0 aliphatic carbocycles. The Morgan fingerprint density at radius 1 is 1.47 bits per heavy atom. The molecule has 3 rings (SSSR count). The van der Waals surface area contributed by atoms with E-state index >= 15 is 0 Å². The van der Waals surface area contributed by atoms with Gasteiger partial charge in [-0.1, -0.05) is 15.9 Å². The van der Waals surface area contributed by atoms with Crippen LogP contribution in [0.4, 0.5) is 11.4 Å². The highest BCUT2D eigenvalue weighted by Gasteiger charge is 2.31. The summed E-state index contributed by atoms with van der Waals surface area (Å²) in [5, 5.41) is 11.9. The fourth-order valence-electron chi connectivity index (χ4n) is 2.30. The number of nitrogens with two attached hydrogens (primary N) is 1. The summed E-state index contributed by atoms with van der Waals surface area (Å²) in [5.74, 6) is 0. The molecule has 7 heteroatoms. The molecule has 0 bridgehead atoms. The van der Waals surface area contributed by atoms with Gasteiger partial charge >= 0.3 is 5.69 Å². The second kappa shape index (κ2) is 4.43. The van der Waals surface area contributed by atoms with Crippen molar-refractivity contribution in [2.45, 2.75) is 6.04 Å². The molecule has 0 radical (unpaired) electrons. The molecule has 0 saturated carbocycles. The van der Waals surface area contributed by atoms with Crippen LogP contribution >= 0.6 is 15.9 Å². The normalized spacial score (nSPS) is 15.6. The van der Waals surface area contributed by atoms with E-state index in [1.807, 2.05) is 23.1 Å². The topological polar surface area (TPSA) is 85.3 Å². The van der Waals surface area contributed by atoms with Crippen molar-refractivity contribution in [1.29, 1.82) is 0 Å². The Bertz CT molecular complexity index is 670. The molecule has 1 aliphatic heterocycles. The van der Waals surface area contributed by atoms with E-state index in [0.29, 0.717) is 18.8 Å². The molecule has 19 heavy (non-hydrogen) atoms. The van der Waals surface area contributed by atoms with Gasteiger partial charge in [-0.2, -0.15) is 0 Å². The van der Waals surface area contributed by atoms with E-state index < -0.39 is 4.92 Å². The Kier molecular flexibility index (Phi) is 2.87. The zero-order chi connectivity index (χ0) is 13.6. The largest absolute Gasteiger partial charge is 0.362 e. The highest BCUT2D eigenvalue weighted by molar-refractivity contribution is 9.10. The quantitative estimate of drug-likeness (QED) is 0.675. The maximum Gasteiger partial charge on any atom is 0.311 e. The zero-order valence-corrected chi connectivity index (χ0v) is 11.5. The van der Waals surface area contributed by atoms with Crippen LogP contribution in [0.2, 0.25) is 0 Å². The number of hydrogen-bond donors (Lipinski definition) is 1. The van der Waals surface area contributed by atoms with Gasteiger partial charge in [-0.3, -0.25) is 10.1 Å². The summed E-state index contributed by atoms with van der Waals surface area (Å²) in [6, 6.07) is 5.64. The van der Waals surface area contributed by atoms with Gasteiger partial charge in [0.05, 0.1) is 10.4 Å². The highest BCUT2D eigenvalue weighted by Crippen LogP contribution is 2.37. The van der Waals surface area contributed by atoms with E-state index in [1.54, 1.807) is 0 Å². The lowest BCUT2D eigenvalue weighted by atomic mass is 10.1. The van der Waals surface area contributed by atoms with Gasteiger partial charge in [0.25, 0.3) is 0 Å². The van der Waals surface area contributed by atoms with Crippen molar-refractivity contribution in [3.05, 3.63) is 39.0 Å². The van der Waals surface area contributed by atoms with Crippen LogP contribution in [0.5, 0.6) is 0 Å². The first-order valence-electron chi connectivity index (χ1n) is 5.79. The van der Waals surface area contributed by atoms with E-state index in [1.165, 1.54) is 6.20 Å². The van der Waals surface area contributed by atoms with E-state index in [-0.39, 0.29) is 11.7 Å². The van der Waals surface area contributed by atoms with Crippen molar-refractivity contribution in [3.8, 4) is 0 Å². The van der Waals surface area contributed by atoms with Crippen molar-refractivity contribution in [2.24, 2.45) is 5.73 Å². The van der Waals surface area contributed by atoms with Gasteiger partial charge in [0.15, 0.2) is 0 Å². The van der Waals surface area contributed by atoms with Crippen LogP contribution in [-0.4, -0.2) is 29.0 Å². The van der Waals surface area contributed by atoms with Gasteiger partial charge in [0.1, 0.15) is 11.9 Å². The first kappa shape index (κ1) is 12.3. The average molecular weight is 323 g/mol. The third kappa shape index (κ3) is 2.04. The molecule has 0 unspecified atom stereocenters. The van der Waals surface area contributed by atoms with E-state index in [4.69, 9.17) is 5.73 Å². The van der Waals surface area contributed by atoms with Crippen LogP contribution in [0.3, 0.4) is 0 Å². The standard InChI is InChI=1S/C12H11BrN4O2/c13-7-1-2-10-9(3-7)12(16-5-8(14)6-16)11(4-15-10)17(18)19/h1-4,8H,5-6,14H2. The number of nitrogens with zero attached hydrogens (tertiary/aromatic N) is 3. The third-order valence-electron chi connectivity index (χ3n) is 3.20. The highest BCUT2D eigenvalue weighted by atomic mass is 79.9. The summed E-state index contributed by atoms with van der Waals surface area (Å²) in [4.78, 5) is 16.8. The number of hydrogen-bond acceptors (Lipinski definition) is 5. The molecule has 1 fully saturated rings. The second-order valence-corrected chi connectivity index (χ2v) is 5.49. The van der Waals surface area contributed by atoms with Crippen molar-refractivity contribution in [2.75, 3.05) is 18.0 Å². The molecule has 2 N–H and O–H groups in total. The van der Waals surface area contributed by atoms with Gasteiger partial charge in [-0.15, -0.1) is 0 Å². The van der Waals surface area contributed by atoms with Gasteiger partial charge in [-0.05, 0) is 18.2 Å². The smallest absolute Gasteiger partial charge is 0.311 e. The number of nitro groups is 1. The Labute approximate surface area is 117 Å². The first-order chi connectivity index (χ1) is 9.06. The molecule has 1 aliphatic rings. The molecule has 2 heterocycles. The third-order valence-corrected chi connectivity index (χ3v) is 3.70. The molecule has 1 aromatic heterocycles. The number of aromatic nitrogens is 1. The van der Waals surface area contributed by atoms with Crippen LogP contribution in [0.1, 0.15) is 0 Å². The number of pyridine rings is 1. The predicted octanol–water partition coefficient (Wildman–Crippen LogP) is 2.05. The molecule has 98 valence electrons. The lowest BCUT2D eigenvalue weighted by Crippen LogP contribution is -2.56. The van der Waals surface area contributed by atoms with E-state index in [2.05, 4.69) is 20.9 Å². The van der Waals surface area contributed by atoms with Crippen molar-refractivity contribution in [3.63, 3.8) is 0 Å². The molecule has 0 amide bonds. The minimum atomic E-state index is -0.396. The first-order valence-corrected chi connectivity index (χ1v) is 6.59. The molecule has 0 spiro atoms. The fraction of sp³-hybridized carbons (Fsp3) is 0.250. The SMILES string of the molecule is NC1CN(c2c([N+](=O)[O-])cnc3ccc(Br)cc23)C1. The second-order valence-electron chi connectivity index (χ2n) is 4.58. The maximum atomic E-state index is 11.2.